The highest BCUT2D eigenvalue weighted by atomic mass is 35.5. The number of ether oxygens (including phenoxy) is 1. The average molecular weight is 472 g/mol. The van der Waals surface area contributed by atoms with Gasteiger partial charge in [-0.05, 0) is 36.4 Å². The van der Waals surface area contributed by atoms with Gasteiger partial charge >= 0.3 is 0 Å². The second kappa shape index (κ2) is 11.4. The summed E-state index contributed by atoms with van der Waals surface area (Å²) in [6.07, 6.45) is 1.70. The first-order chi connectivity index (χ1) is 15.5. The zero-order valence-electron chi connectivity index (χ0n) is 17.4. The fourth-order valence-corrected chi connectivity index (χ4v) is 3.76. The second-order valence-corrected chi connectivity index (χ2v) is 7.88. The zero-order valence-corrected chi connectivity index (χ0v) is 18.9. The summed E-state index contributed by atoms with van der Waals surface area (Å²) in [7, 11) is 1.58. The minimum Gasteiger partial charge on any atom is -0.497 e. The number of hydrogen-bond acceptors (Lipinski definition) is 6. The van der Waals surface area contributed by atoms with Crippen LogP contribution in [0.3, 0.4) is 0 Å². The molecule has 0 atom stereocenters. The van der Waals surface area contributed by atoms with Gasteiger partial charge < -0.3 is 19.9 Å². The molecule has 1 heterocycles. The Morgan fingerprint density at radius 1 is 1.19 bits per heavy atom. The molecule has 3 rings (SSSR count). The van der Waals surface area contributed by atoms with E-state index >= 15 is 0 Å². The fraction of sp³-hybridized carbons (Fsp3) is 0.182. The molecule has 2 aromatic carbocycles. The van der Waals surface area contributed by atoms with Crippen molar-refractivity contribution in [2.24, 2.45) is 0 Å². The lowest BCUT2D eigenvalue weighted by molar-refractivity contribution is -0.113. The van der Waals surface area contributed by atoms with Gasteiger partial charge in [0, 0.05) is 12.2 Å². The first-order valence-corrected chi connectivity index (χ1v) is 11.0. The van der Waals surface area contributed by atoms with Gasteiger partial charge in [-0.2, -0.15) is 0 Å². The lowest BCUT2D eigenvalue weighted by atomic mass is 10.2. The summed E-state index contributed by atoms with van der Waals surface area (Å²) in [4.78, 5) is 24.7. The van der Waals surface area contributed by atoms with Crippen molar-refractivity contribution in [1.82, 2.24) is 20.1 Å². The SMILES string of the molecule is C=CCn1c(CNC(=O)c2ccccc2Cl)nnc1SCC(=O)Nc1ccc(OC)cc1. The number of hydrogen-bond donors (Lipinski definition) is 2. The number of anilines is 1. The molecule has 0 aliphatic heterocycles. The standard InChI is InChI=1S/C22H22ClN5O3S/c1-3-12-28-19(13-24-21(30)17-6-4-5-7-18(17)23)26-27-22(28)32-14-20(29)25-15-8-10-16(31-2)11-9-15/h3-11H,1,12-14H2,2H3,(H,24,30)(H,25,29). The van der Waals surface area contributed by atoms with E-state index in [2.05, 4.69) is 27.4 Å². The van der Waals surface area contributed by atoms with Gasteiger partial charge in [0.2, 0.25) is 5.91 Å². The van der Waals surface area contributed by atoms with Crippen molar-refractivity contribution in [3.63, 3.8) is 0 Å². The lowest BCUT2D eigenvalue weighted by Crippen LogP contribution is -2.25. The number of halogens is 1. The molecule has 2 amide bonds. The Bertz CT molecular complexity index is 1100. The predicted molar refractivity (Wildman–Crippen MR) is 125 cm³/mol. The summed E-state index contributed by atoms with van der Waals surface area (Å²) in [6.45, 7) is 4.35. The molecule has 0 aliphatic rings. The van der Waals surface area contributed by atoms with Crippen LogP contribution in [0.25, 0.3) is 0 Å². The first-order valence-electron chi connectivity index (χ1n) is 9.64. The van der Waals surface area contributed by atoms with Gasteiger partial charge in [0.05, 0.1) is 30.0 Å². The second-order valence-electron chi connectivity index (χ2n) is 6.53. The quantitative estimate of drug-likeness (QED) is 0.345. The van der Waals surface area contributed by atoms with E-state index in [1.165, 1.54) is 11.8 Å². The Kier molecular flexibility index (Phi) is 8.29. The smallest absolute Gasteiger partial charge is 0.253 e. The summed E-state index contributed by atoms with van der Waals surface area (Å²) < 4.78 is 6.90. The molecule has 0 bridgehead atoms. The van der Waals surface area contributed by atoms with Crippen molar-refractivity contribution in [1.29, 1.82) is 0 Å². The Morgan fingerprint density at radius 2 is 1.94 bits per heavy atom. The van der Waals surface area contributed by atoms with Gasteiger partial charge in [0.15, 0.2) is 11.0 Å². The molecule has 8 nitrogen and oxygen atoms in total. The Balaban J connectivity index is 1.59. The minimum absolute atomic E-state index is 0.146. The van der Waals surface area contributed by atoms with E-state index < -0.39 is 0 Å². The van der Waals surface area contributed by atoms with Gasteiger partial charge in [-0.25, -0.2) is 0 Å². The molecule has 166 valence electrons. The van der Waals surface area contributed by atoms with E-state index in [0.717, 1.165) is 0 Å². The number of methoxy groups -OCH3 is 1. The van der Waals surface area contributed by atoms with Crippen LogP contribution in [0.15, 0.2) is 66.3 Å². The van der Waals surface area contributed by atoms with Crippen LogP contribution < -0.4 is 15.4 Å². The third-order valence-corrected chi connectivity index (χ3v) is 5.63. The topological polar surface area (TPSA) is 98.1 Å². The normalized spacial score (nSPS) is 10.4. The van der Waals surface area contributed by atoms with E-state index in [1.807, 2.05) is 0 Å². The summed E-state index contributed by atoms with van der Waals surface area (Å²) in [5.41, 5.74) is 1.06. The molecule has 32 heavy (non-hydrogen) atoms. The van der Waals surface area contributed by atoms with Crippen molar-refractivity contribution in [2.75, 3.05) is 18.2 Å². The predicted octanol–water partition coefficient (Wildman–Crippen LogP) is 3.79. The molecule has 10 heteroatoms. The largest absolute Gasteiger partial charge is 0.497 e. The molecular formula is C22H22ClN5O3S. The number of benzene rings is 2. The highest BCUT2D eigenvalue weighted by Crippen LogP contribution is 2.20. The van der Waals surface area contributed by atoms with Crippen LogP contribution in [0, 0.1) is 0 Å². The number of nitrogens with zero attached hydrogens (tertiary/aromatic N) is 3. The van der Waals surface area contributed by atoms with Gasteiger partial charge in [0.25, 0.3) is 5.91 Å². The minimum atomic E-state index is -0.308. The summed E-state index contributed by atoms with van der Waals surface area (Å²) in [5, 5.41) is 14.9. The van der Waals surface area contributed by atoms with Gasteiger partial charge in [-0.15, -0.1) is 16.8 Å². The van der Waals surface area contributed by atoms with Crippen molar-refractivity contribution < 1.29 is 14.3 Å². The number of amides is 2. The van der Waals surface area contributed by atoms with Crippen molar-refractivity contribution in [2.45, 2.75) is 18.2 Å². The van der Waals surface area contributed by atoms with Crippen LogP contribution in [0.4, 0.5) is 5.69 Å². The number of thioether (sulfide) groups is 1. The van der Waals surface area contributed by atoms with Gasteiger partial charge in [0.1, 0.15) is 5.75 Å². The first kappa shape index (κ1) is 23.4. The molecular weight excluding hydrogens is 450 g/mol. The summed E-state index contributed by atoms with van der Waals surface area (Å²) in [5.74, 6) is 0.916. The van der Waals surface area contributed by atoms with E-state index in [-0.39, 0.29) is 24.1 Å². The van der Waals surface area contributed by atoms with Crippen LogP contribution in [0.2, 0.25) is 5.02 Å². The lowest BCUT2D eigenvalue weighted by Gasteiger charge is -2.10. The van der Waals surface area contributed by atoms with E-state index in [1.54, 1.807) is 66.3 Å². The molecule has 0 radical (unpaired) electrons. The Morgan fingerprint density at radius 3 is 2.62 bits per heavy atom. The number of aromatic nitrogens is 3. The molecule has 0 unspecified atom stereocenters. The average Bonchev–Trinajstić information content (AvgIpc) is 3.18. The van der Waals surface area contributed by atoms with Crippen molar-refractivity contribution >= 4 is 40.9 Å². The third kappa shape index (κ3) is 6.12. The number of nitrogens with one attached hydrogen (secondary N) is 2. The molecule has 0 saturated heterocycles. The maximum absolute atomic E-state index is 12.4. The molecule has 1 aromatic heterocycles. The van der Waals surface area contributed by atoms with Crippen LogP contribution in [0.5, 0.6) is 5.75 Å². The van der Waals surface area contributed by atoms with E-state index in [9.17, 15) is 9.59 Å². The van der Waals surface area contributed by atoms with Crippen LogP contribution in [-0.2, 0) is 17.9 Å². The number of allylic oxidation sites excluding steroid dienone is 1. The Hall–Kier alpha value is -3.30. The van der Waals surface area contributed by atoms with E-state index in [0.29, 0.717) is 39.5 Å². The van der Waals surface area contributed by atoms with E-state index in [4.69, 9.17) is 16.3 Å². The maximum atomic E-state index is 12.4. The number of rotatable bonds is 10. The van der Waals surface area contributed by atoms with Crippen LogP contribution in [-0.4, -0.2) is 39.4 Å². The van der Waals surface area contributed by atoms with Crippen LogP contribution >= 0.6 is 23.4 Å². The number of carbonyl (C=O) groups is 2. The monoisotopic (exact) mass is 471 g/mol. The zero-order chi connectivity index (χ0) is 22.9. The molecule has 0 saturated carbocycles. The van der Waals surface area contributed by atoms with Crippen molar-refractivity contribution in [3.05, 3.63) is 77.6 Å². The molecule has 2 N–H and O–H groups in total. The summed E-state index contributed by atoms with van der Waals surface area (Å²) in [6, 6.07) is 13.9. The maximum Gasteiger partial charge on any atom is 0.253 e. The molecule has 0 aliphatic carbocycles. The van der Waals surface area contributed by atoms with Crippen molar-refractivity contribution in [3.8, 4) is 5.75 Å². The molecule has 0 spiro atoms. The molecule has 3 aromatic rings. The fourth-order valence-electron chi connectivity index (χ4n) is 2.77. The molecule has 0 fully saturated rings. The highest BCUT2D eigenvalue weighted by molar-refractivity contribution is 7.99. The Labute approximate surface area is 195 Å². The van der Waals surface area contributed by atoms with Gasteiger partial charge in [-0.3, -0.25) is 9.59 Å². The van der Waals surface area contributed by atoms with Crippen LogP contribution in [0.1, 0.15) is 16.2 Å². The summed E-state index contributed by atoms with van der Waals surface area (Å²) >= 11 is 7.32. The highest BCUT2D eigenvalue weighted by Gasteiger charge is 2.16. The number of carbonyl (C=O) groups excluding carboxylic acids is 2. The third-order valence-electron chi connectivity index (χ3n) is 4.34. The van der Waals surface area contributed by atoms with Gasteiger partial charge in [-0.1, -0.05) is 41.6 Å².